The van der Waals surface area contributed by atoms with Crippen molar-refractivity contribution in [3.05, 3.63) is 35.6 Å². The fourth-order valence-corrected chi connectivity index (χ4v) is 1.34. The monoisotopic (exact) mass is 209 g/mol. The summed E-state index contributed by atoms with van der Waals surface area (Å²) in [4.78, 5) is 0. The predicted molar refractivity (Wildman–Crippen MR) is 54.7 cm³/mol. The average molecular weight is 210 g/mol. The second-order valence-corrected chi connectivity index (χ2v) is 3.15. The molecule has 0 saturated carbocycles. The van der Waals surface area contributed by atoms with Crippen molar-refractivity contribution in [3.63, 3.8) is 0 Å². The van der Waals surface area contributed by atoms with E-state index in [1.807, 2.05) is 0 Å². The number of phenols is 1. The number of nitrogen functional groups attached to an aromatic ring is 1. The van der Waals surface area contributed by atoms with Crippen LogP contribution in [-0.2, 0) is 0 Å². The molecule has 72 valence electrons. The largest absolute Gasteiger partial charge is 0.506 e. The van der Waals surface area contributed by atoms with Gasteiger partial charge in [-0.15, -0.1) is 0 Å². The van der Waals surface area contributed by atoms with Crippen LogP contribution in [-0.4, -0.2) is 14.9 Å². The van der Waals surface area contributed by atoms with Gasteiger partial charge in [-0.1, -0.05) is 23.7 Å². The molecule has 0 atom stereocenters. The molecule has 3 N–H and O–H groups in total. The lowest BCUT2D eigenvalue weighted by Crippen LogP contribution is -1.96. The van der Waals surface area contributed by atoms with Crippen molar-refractivity contribution in [3.8, 4) is 11.4 Å². The number of nitrogens with zero attached hydrogens (tertiary/aromatic N) is 2. The van der Waals surface area contributed by atoms with E-state index in [-0.39, 0.29) is 5.75 Å². The number of aromatic hydroxyl groups is 1. The fraction of sp³-hybridized carbons (Fsp3) is 0. The first-order valence-corrected chi connectivity index (χ1v) is 4.35. The van der Waals surface area contributed by atoms with E-state index >= 15 is 0 Å². The number of aromatic nitrogens is 2. The first kappa shape index (κ1) is 8.90. The maximum absolute atomic E-state index is 9.54. The van der Waals surface area contributed by atoms with Crippen molar-refractivity contribution in [1.29, 1.82) is 0 Å². The summed E-state index contributed by atoms with van der Waals surface area (Å²) in [6, 6.07) is 6.76. The molecule has 5 heteroatoms. The van der Waals surface area contributed by atoms with Crippen LogP contribution in [0.4, 0.5) is 5.69 Å². The van der Waals surface area contributed by atoms with Crippen LogP contribution in [0.3, 0.4) is 0 Å². The average Bonchev–Trinajstić information content (AvgIpc) is 2.49. The van der Waals surface area contributed by atoms with E-state index in [1.165, 1.54) is 10.9 Å². The van der Waals surface area contributed by atoms with Gasteiger partial charge in [-0.3, -0.25) is 0 Å². The van der Waals surface area contributed by atoms with E-state index < -0.39 is 0 Å². The molecule has 0 unspecified atom stereocenters. The van der Waals surface area contributed by atoms with Crippen LogP contribution in [0.5, 0.6) is 5.75 Å². The Hall–Kier alpha value is -1.68. The Balaban J connectivity index is 2.60. The summed E-state index contributed by atoms with van der Waals surface area (Å²) in [5, 5.41) is 13.8. The molecule has 1 aromatic carbocycles. The van der Waals surface area contributed by atoms with Crippen molar-refractivity contribution in [1.82, 2.24) is 9.78 Å². The van der Waals surface area contributed by atoms with Crippen LogP contribution >= 0.6 is 11.6 Å². The van der Waals surface area contributed by atoms with Gasteiger partial charge in [-0.25, -0.2) is 4.68 Å². The van der Waals surface area contributed by atoms with Crippen molar-refractivity contribution >= 4 is 17.3 Å². The number of anilines is 1. The molecule has 1 heterocycles. The van der Waals surface area contributed by atoms with Gasteiger partial charge in [-0.05, 0) is 12.1 Å². The molecule has 2 rings (SSSR count). The molecule has 0 saturated heterocycles. The Kier molecular flexibility index (Phi) is 2.05. The number of rotatable bonds is 1. The highest BCUT2D eigenvalue weighted by Gasteiger charge is 2.09. The number of hydrogen-bond acceptors (Lipinski definition) is 3. The first-order valence-electron chi connectivity index (χ1n) is 3.97. The van der Waals surface area contributed by atoms with Crippen LogP contribution in [0.25, 0.3) is 5.69 Å². The molecule has 1 aromatic heterocycles. The Labute approximate surface area is 85.5 Å². The molecule has 14 heavy (non-hydrogen) atoms. The minimum atomic E-state index is 0.109. The fourth-order valence-electron chi connectivity index (χ4n) is 1.16. The first-order chi connectivity index (χ1) is 6.70. The minimum Gasteiger partial charge on any atom is -0.506 e. The van der Waals surface area contributed by atoms with E-state index in [1.54, 1.807) is 24.3 Å². The topological polar surface area (TPSA) is 64.1 Å². The second-order valence-electron chi connectivity index (χ2n) is 2.79. The predicted octanol–water partition coefficient (Wildman–Crippen LogP) is 1.81. The van der Waals surface area contributed by atoms with Gasteiger partial charge in [-0.2, -0.15) is 5.10 Å². The maximum atomic E-state index is 9.54. The van der Waals surface area contributed by atoms with E-state index in [9.17, 15) is 5.11 Å². The molecule has 0 fully saturated rings. The van der Waals surface area contributed by atoms with E-state index in [0.717, 1.165) is 0 Å². The molecule has 0 aliphatic carbocycles. The third-order valence-corrected chi connectivity index (χ3v) is 2.22. The summed E-state index contributed by atoms with van der Waals surface area (Å²) in [6.07, 6.45) is 1.44. The molecule has 0 spiro atoms. The summed E-state index contributed by atoms with van der Waals surface area (Å²) >= 11 is 5.88. The Morgan fingerprint density at radius 3 is 2.64 bits per heavy atom. The van der Waals surface area contributed by atoms with Gasteiger partial charge in [0.05, 0.1) is 11.9 Å². The Morgan fingerprint density at radius 1 is 1.36 bits per heavy atom. The number of halogens is 1. The van der Waals surface area contributed by atoms with Crippen LogP contribution in [0.15, 0.2) is 30.5 Å². The lowest BCUT2D eigenvalue weighted by atomic mass is 10.3. The van der Waals surface area contributed by atoms with Gasteiger partial charge in [0.1, 0.15) is 11.4 Å². The molecular weight excluding hydrogens is 202 g/mol. The maximum Gasteiger partial charge on any atom is 0.155 e. The molecule has 0 radical (unpaired) electrons. The standard InChI is InChI=1S/C9H8ClN3O/c10-9-6(11)5-12-13(9)7-3-1-2-4-8(7)14/h1-5,14H,11H2. The van der Waals surface area contributed by atoms with Gasteiger partial charge in [0, 0.05) is 0 Å². The van der Waals surface area contributed by atoms with Crippen molar-refractivity contribution in [2.45, 2.75) is 0 Å². The smallest absolute Gasteiger partial charge is 0.155 e. The summed E-state index contributed by atoms with van der Waals surface area (Å²) in [5.74, 6) is 0.109. The lowest BCUT2D eigenvalue weighted by molar-refractivity contribution is 0.470. The molecular formula is C9H8ClN3O. The van der Waals surface area contributed by atoms with Crippen LogP contribution in [0, 0.1) is 0 Å². The molecule has 0 aliphatic heterocycles. The van der Waals surface area contributed by atoms with Gasteiger partial charge >= 0.3 is 0 Å². The van der Waals surface area contributed by atoms with Crippen molar-refractivity contribution < 1.29 is 5.11 Å². The van der Waals surface area contributed by atoms with Crippen LogP contribution < -0.4 is 5.73 Å². The van der Waals surface area contributed by atoms with Gasteiger partial charge in [0.15, 0.2) is 5.15 Å². The normalized spacial score (nSPS) is 10.4. The van der Waals surface area contributed by atoms with Gasteiger partial charge in [0.25, 0.3) is 0 Å². The summed E-state index contributed by atoms with van der Waals surface area (Å²) < 4.78 is 1.38. The number of nitrogens with two attached hydrogens (primary N) is 1. The summed E-state index contributed by atoms with van der Waals surface area (Å²) in [5.41, 5.74) is 6.42. The third-order valence-electron chi connectivity index (χ3n) is 1.85. The number of hydrogen-bond donors (Lipinski definition) is 2. The van der Waals surface area contributed by atoms with Crippen molar-refractivity contribution in [2.24, 2.45) is 0 Å². The summed E-state index contributed by atoms with van der Waals surface area (Å²) in [6.45, 7) is 0. The zero-order valence-electron chi connectivity index (χ0n) is 7.18. The minimum absolute atomic E-state index is 0.109. The number of para-hydroxylation sites is 2. The molecule has 0 aliphatic rings. The highest BCUT2D eigenvalue weighted by molar-refractivity contribution is 6.32. The van der Waals surface area contributed by atoms with Gasteiger partial charge < -0.3 is 10.8 Å². The van der Waals surface area contributed by atoms with Gasteiger partial charge in [0.2, 0.25) is 0 Å². The van der Waals surface area contributed by atoms with Crippen LogP contribution in [0.1, 0.15) is 0 Å². The molecule has 4 nitrogen and oxygen atoms in total. The van der Waals surface area contributed by atoms with E-state index in [4.69, 9.17) is 17.3 Å². The SMILES string of the molecule is Nc1cnn(-c2ccccc2O)c1Cl. The van der Waals surface area contributed by atoms with Crippen molar-refractivity contribution in [2.75, 3.05) is 5.73 Å². The number of benzene rings is 1. The Morgan fingerprint density at radius 2 is 2.07 bits per heavy atom. The Bertz CT molecular complexity index is 467. The van der Waals surface area contributed by atoms with Crippen LogP contribution in [0.2, 0.25) is 5.15 Å². The highest BCUT2D eigenvalue weighted by atomic mass is 35.5. The third kappa shape index (κ3) is 1.29. The lowest BCUT2D eigenvalue weighted by Gasteiger charge is -2.04. The summed E-state index contributed by atoms with van der Waals surface area (Å²) in [7, 11) is 0. The zero-order valence-corrected chi connectivity index (χ0v) is 7.94. The molecule has 0 amide bonds. The number of phenolic OH excluding ortho intramolecular Hbond substituents is 1. The highest BCUT2D eigenvalue weighted by Crippen LogP contribution is 2.26. The molecule has 0 bridgehead atoms. The zero-order chi connectivity index (χ0) is 10.1. The second kappa shape index (κ2) is 3.23. The quantitative estimate of drug-likeness (QED) is 0.753. The van der Waals surface area contributed by atoms with E-state index in [0.29, 0.717) is 16.5 Å². The molecule has 2 aromatic rings. The van der Waals surface area contributed by atoms with E-state index in [2.05, 4.69) is 5.10 Å².